The van der Waals surface area contributed by atoms with Crippen molar-refractivity contribution in [1.82, 2.24) is 4.90 Å². The number of ether oxygens (including phenoxy) is 1. The molecular weight excluding hydrogens is 332 g/mol. The first kappa shape index (κ1) is 18.1. The molecule has 1 heterocycles. The summed E-state index contributed by atoms with van der Waals surface area (Å²) in [5.74, 6) is 0.162. The van der Waals surface area contributed by atoms with Crippen LogP contribution in [0.5, 0.6) is 5.75 Å². The highest BCUT2D eigenvalue weighted by Crippen LogP contribution is 2.36. The number of carbonyl (C=O) groups excluding carboxylic acids is 1. The lowest BCUT2D eigenvalue weighted by atomic mass is 10.2. The van der Waals surface area contributed by atoms with Crippen LogP contribution in [0.3, 0.4) is 0 Å². The van der Waals surface area contributed by atoms with E-state index in [9.17, 15) is 4.79 Å². The van der Waals surface area contributed by atoms with E-state index < -0.39 is 0 Å². The molecule has 126 valence electrons. The molecule has 23 heavy (non-hydrogen) atoms. The largest absolute Gasteiger partial charge is 0.496 e. The Kier molecular flexibility index (Phi) is 5.98. The van der Waals surface area contributed by atoms with Gasteiger partial charge in [-0.05, 0) is 38.5 Å². The normalized spacial score (nSPS) is 18.5. The molecule has 0 aliphatic carbocycles. The number of halogens is 1. The first-order valence-corrected chi connectivity index (χ1v) is 8.96. The number of amidine groups is 1. The molecule has 0 bridgehead atoms. The first-order chi connectivity index (χ1) is 10.9. The van der Waals surface area contributed by atoms with Crippen LogP contribution >= 0.6 is 23.4 Å². The zero-order valence-electron chi connectivity index (χ0n) is 14.1. The Morgan fingerprint density at radius 3 is 2.87 bits per heavy atom. The van der Waals surface area contributed by atoms with Gasteiger partial charge in [0.05, 0.1) is 12.7 Å². The Labute approximate surface area is 147 Å². The van der Waals surface area contributed by atoms with E-state index in [1.54, 1.807) is 30.0 Å². The Morgan fingerprint density at radius 2 is 2.22 bits per heavy atom. The molecule has 0 aromatic heterocycles. The summed E-state index contributed by atoms with van der Waals surface area (Å²) in [6.07, 6.45) is 2.21. The second-order valence-electron chi connectivity index (χ2n) is 6.18. The van der Waals surface area contributed by atoms with Crippen LogP contribution in [0.2, 0.25) is 5.02 Å². The molecule has 1 aromatic carbocycles. The van der Waals surface area contributed by atoms with E-state index in [-0.39, 0.29) is 10.7 Å². The van der Waals surface area contributed by atoms with Gasteiger partial charge in [-0.2, -0.15) is 4.99 Å². The van der Waals surface area contributed by atoms with Crippen LogP contribution in [0, 0.1) is 0 Å². The highest BCUT2D eigenvalue weighted by Gasteiger charge is 2.35. The fraction of sp³-hybridized carbons (Fsp3) is 0.529. The molecule has 1 saturated heterocycles. The maximum absolute atomic E-state index is 12.6. The van der Waals surface area contributed by atoms with Crippen molar-refractivity contribution in [1.29, 1.82) is 0 Å². The van der Waals surface area contributed by atoms with Crippen molar-refractivity contribution in [3.63, 3.8) is 0 Å². The van der Waals surface area contributed by atoms with Crippen LogP contribution in [-0.4, -0.2) is 40.9 Å². The molecule has 1 amide bonds. The zero-order chi connectivity index (χ0) is 17.0. The SMILES string of the molecule is CCCCN1CC(C)(C)S/C1=N\C(=O)c1ccc(Cl)cc1OC. The van der Waals surface area contributed by atoms with E-state index in [0.29, 0.717) is 16.3 Å². The van der Waals surface area contributed by atoms with Crippen molar-refractivity contribution in [3.05, 3.63) is 28.8 Å². The highest BCUT2D eigenvalue weighted by atomic mass is 35.5. The van der Waals surface area contributed by atoms with E-state index in [4.69, 9.17) is 16.3 Å². The van der Waals surface area contributed by atoms with E-state index in [1.807, 2.05) is 0 Å². The van der Waals surface area contributed by atoms with Crippen LogP contribution in [0.25, 0.3) is 0 Å². The lowest BCUT2D eigenvalue weighted by molar-refractivity contribution is 0.0999. The number of nitrogens with zero attached hydrogens (tertiary/aromatic N) is 2. The van der Waals surface area contributed by atoms with E-state index in [0.717, 1.165) is 31.1 Å². The monoisotopic (exact) mass is 354 g/mol. The summed E-state index contributed by atoms with van der Waals surface area (Å²) in [6.45, 7) is 8.34. The van der Waals surface area contributed by atoms with Gasteiger partial charge in [0, 0.05) is 22.9 Å². The van der Waals surface area contributed by atoms with Crippen LogP contribution in [0.4, 0.5) is 0 Å². The van der Waals surface area contributed by atoms with Crippen molar-refractivity contribution in [2.45, 2.75) is 38.4 Å². The fourth-order valence-electron chi connectivity index (χ4n) is 2.48. The third-order valence-corrected chi connectivity index (χ3v) is 5.03. The van der Waals surface area contributed by atoms with Gasteiger partial charge < -0.3 is 9.64 Å². The number of aliphatic imine (C=N–C) groups is 1. The molecule has 0 N–H and O–H groups in total. The molecular formula is C17H23ClN2O2S. The minimum absolute atomic E-state index is 0.0664. The van der Waals surface area contributed by atoms with Gasteiger partial charge in [-0.3, -0.25) is 4.79 Å². The van der Waals surface area contributed by atoms with Gasteiger partial charge in [0.15, 0.2) is 5.17 Å². The number of amides is 1. The molecule has 0 unspecified atom stereocenters. The highest BCUT2D eigenvalue weighted by molar-refractivity contribution is 8.15. The minimum Gasteiger partial charge on any atom is -0.496 e. The average Bonchev–Trinajstić information content (AvgIpc) is 2.78. The maximum atomic E-state index is 12.6. The number of hydrogen-bond donors (Lipinski definition) is 0. The van der Waals surface area contributed by atoms with Crippen LogP contribution in [-0.2, 0) is 0 Å². The van der Waals surface area contributed by atoms with Crippen LogP contribution in [0.1, 0.15) is 44.0 Å². The molecule has 0 radical (unpaired) electrons. The summed E-state index contributed by atoms with van der Waals surface area (Å²) < 4.78 is 5.32. The summed E-state index contributed by atoms with van der Waals surface area (Å²) in [5.41, 5.74) is 0.435. The van der Waals surface area contributed by atoms with Gasteiger partial charge in [0.25, 0.3) is 5.91 Å². The molecule has 1 aliphatic heterocycles. The van der Waals surface area contributed by atoms with Crippen molar-refractivity contribution in [3.8, 4) is 5.75 Å². The minimum atomic E-state index is -0.291. The molecule has 0 atom stereocenters. The number of carbonyl (C=O) groups is 1. The summed E-state index contributed by atoms with van der Waals surface area (Å²) in [6, 6.07) is 4.97. The Balaban J connectivity index is 2.26. The number of hydrogen-bond acceptors (Lipinski definition) is 3. The quantitative estimate of drug-likeness (QED) is 0.782. The molecule has 0 spiro atoms. The second kappa shape index (κ2) is 7.58. The molecule has 2 rings (SSSR count). The van der Waals surface area contributed by atoms with Crippen molar-refractivity contribution in [2.24, 2.45) is 4.99 Å². The lowest BCUT2D eigenvalue weighted by Crippen LogP contribution is -2.30. The van der Waals surface area contributed by atoms with Gasteiger partial charge in [-0.15, -0.1) is 0 Å². The summed E-state index contributed by atoms with van der Waals surface area (Å²) >= 11 is 7.60. The summed E-state index contributed by atoms with van der Waals surface area (Å²) in [7, 11) is 1.52. The summed E-state index contributed by atoms with van der Waals surface area (Å²) in [5, 5.41) is 1.33. The van der Waals surface area contributed by atoms with Gasteiger partial charge in [-0.1, -0.05) is 36.7 Å². The van der Waals surface area contributed by atoms with Gasteiger partial charge in [0.1, 0.15) is 5.75 Å². The van der Waals surface area contributed by atoms with Crippen LogP contribution in [0.15, 0.2) is 23.2 Å². The van der Waals surface area contributed by atoms with Gasteiger partial charge >= 0.3 is 0 Å². The second-order valence-corrected chi connectivity index (χ2v) is 8.29. The van der Waals surface area contributed by atoms with Crippen molar-refractivity contribution >= 4 is 34.4 Å². The average molecular weight is 355 g/mol. The topological polar surface area (TPSA) is 41.9 Å². The zero-order valence-corrected chi connectivity index (χ0v) is 15.6. The maximum Gasteiger partial charge on any atom is 0.283 e. The van der Waals surface area contributed by atoms with Gasteiger partial charge in [-0.25, -0.2) is 0 Å². The third kappa shape index (κ3) is 4.64. The predicted molar refractivity (Wildman–Crippen MR) is 97.9 cm³/mol. The molecule has 1 fully saturated rings. The number of rotatable bonds is 5. The number of methoxy groups -OCH3 is 1. The molecule has 1 aliphatic rings. The van der Waals surface area contributed by atoms with E-state index in [2.05, 4.69) is 30.7 Å². The molecule has 1 aromatic rings. The number of thioether (sulfide) groups is 1. The van der Waals surface area contributed by atoms with E-state index >= 15 is 0 Å². The Bertz CT molecular complexity index is 617. The van der Waals surface area contributed by atoms with Crippen molar-refractivity contribution < 1.29 is 9.53 Å². The smallest absolute Gasteiger partial charge is 0.283 e. The van der Waals surface area contributed by atoms with E-state index in [1.165, 1.54) is 7.11 Å². The summed E-state index contributed by atoms with van der Waals surface area (Å²) in [4.78, 5) is 19.1. The Morgan fingerprint density at radius 1 is 1.48 bits per heavy atom. The molecule has 4 nitrogen and oxygen atoms in total. The lowest BCUT2D eigenvalue weighted by Gasteiger charge is -2.19. The fourth-order valence-corrected chi connectivity index (χ4v) is 3.77. The number of unbranched alkanes of at least 4 members (excludes halogenated alkanes) is 1. The van der Waals surface area contributed by atoms with Crippen molar-refractivity contribution in [2.75, 3.05) is 20.2 Å². The number of benzene rings is 1. The molecule has 0 saturated carbocycles. The Hall–Kier alpha value is -1.20. The molecule has 6 heteroatoms. The standard InChI is InChI=1S/C17H23ClN2O2S/c1-5-6-9-20-11-17(2,3)23-16(20)19-15(21)13-8-7-12(18)10-14(13)22-4/h7-8,10H,5-6,9,11H2,1-4H3/b19-16-. The third-order valence-electron chi connectivity index (χ3n) is 3.58. The predicted octanol–water partition coefficient (Wildman–Crippen LogP) is 4.47. The first-order valence-electron chi connectivity index (χ1n) is 7.77. The van der Waals surface area contributed by atoms with Gasteiger partial charge in [0.2, 0.25) is 0 Å². The van der Waals surface area contributed by atoms with Crippen LogP contribution < -0.4 is 4.74 Å².